The lowest BCUT2D eigenvalue weighted by molar-refractivity contribution is 0.102. The minimum Gasteiger partial charge on any atom is -0.457 e. The Kier molecular flexibility index (Phi) is 6.63. The number of amides is 1. The van der Waals surface area contributed by atoms with Crippen LogP contribution in [0.25, 0.3) is 0 Å². The molecule has 0 bridgehead atoms. The van der Waals surface area contributed by atoms with Gasteiger partial charge < -0.3 is 10.1 Å². The standard InChI is InChI=1S/C25H19ClN2O4S/c26-23-16-11-18(17-24(23)33(30,31)28-20-7-3-1-4-8-20)25(29)27-19-12-14-22(15-13-19)32-21-9-5-2-6-10-21/h1-17,28H,(H,27,29). The summed E-state index contributed by atoms with van der Waals surface area (Å²) in [4.78, 5) is 12.6. The van der Waals surface area contributed by atoms with Gasteiger partial charge in [0, 0.05) is 16.9 Å². The third kappa shape index (κ3) is 5.71. The fourth-order valence-corrected chi connectivity index (χ4v) is 4.59. The summed E-state index contributed by atoms with van der Waals surface area (Å²) in [5, 5.41) is 2.76. The Morgan fingerprint density at radius 2 is 1.33 bits per heavy atom. The summed E-state index contributed by atoms with van der Waals surface area (Å²) >= 11 is 6.13. The van der Waals surface area contributed by atoms with Crippen molar-refractivity contribution in [3.8, 4) is 11.5 Å². The lowest BCUT2D eigenvalue weighted by Gasteiger charge is -2.12. The van der Waals surface area contributed by atoms with Crippen LogP contribution < -0.4 is 14.8 Å². The van der Waals surface area contributed by atoms with Crippen molar-refractivity contribution in [2.75, 3.05) is 10.0 Å². The number of para-hydroxylation sites is 2. The Balaban J connectivity index is 1.48. The van der Waals surface area contributed by atoms with Crippen LogP contribution in [0, 0.1) is 0 Å². The lowest BCUT2D eigenvalue weighted by atomic mass is 10.2. The van der Waals surface area contributed by atoms with Crippen LogP contribution in [0.2, 0.25) is 5.02 Å². The number of anilines is 2. The highest BCUT2D eigenvalue weighted by Crippen LogP contribution is 2.26. The summed E-state index contributed by atoms with van der Waals surface area (Å²) in [7, 11) is -3.99. The van der Waals surface area contributed by atoms with Gasteiger partial charge in [0.25, 0.3) is 15.9 Å². The Labute approximate surface area is 196 Å². The maximum Gasteiger partial charge on any atom is 0.263 e. The van der Waals surface area contributed by atoms with Crippen LogP contribution in [-0.4, -0.2) is 14.3 Å². The molecule has 0 unspecified atom stereocenters. The first-order chi connectivity index (χ1) is 15.9. The average molecular weight is 479 g/mol. The number of sulfonamides is 1. The zero-order chi connectivity index (χ0) is 23.3. The number of halogens is 1. The monoisotopic (exact) mass is 478 g/mol. The summed E-state index contributed by atoms with van der Waals surface area (Å²) in [5.41, 5.74) is 1.07. The van der Waals surface area contributed by atoms with E-state index in [0.717, 1.165) is 0 Å². The molecule has 0 spiro atoms. The predicted octanol–water partition coefficient (Wildman–Crippen LogP) is 6.19. The van der Waals surface area contributed by atoms with Gasteiger partial charge in [0.1, 0.15) is 16.4 Å². The van der Waals surface area contributed by atoms with Crippen molar-refractivity contribution < 1.29 is 17.9 Å². The van der Waals surface area contributed by atoms with Crippen LogP contribution in [-0.2, 0) is 10.0 Å². The van der Waals surface area contributed by atoms with Crippen LogP contribution in [0.4, 0.5) is 11.4 Å². The number of carbonyl (C=O) groups is 1. The van der Waals surface area contributed by atoms with Crippen molar-refractivity contribution in [3.63, 3.8) is 0 Å². The second-order valence-corrected chi connectivity index (χ2v) is 9.07. The molecular weight excluding hydrogens is 460 g/mol. The average Bonchev–Trinajstić information content (AvgIpc) is 2.81. The van der Waals surface area contributed by atoms with E-state index in [-0.39, 0.29) is 15.5 Å². The molecule has 0 saturated heterocycles. The highest BCUT2D eigenvalue weighted by Gasteiger charge is 2.20. The van der Waals surface area contributed by atoms with E-state index in [0.29, 0.717) is 22.9 Å². The molecule has 0 aliphatic carbocycles. The summed E-state index contributed by atoms with van der Waals surface area (Å²) in [6.07, 6.45) is 0. The van der Waals surface area contributed by atoms with Crippen LogP contribution in [0.5, 0.6) is 11.5 Å². The van der Waals surface area contributed by atoms with Gasteiger partial charge in [-0.2, -0.15) is 0 Å². The van der Waals surface area contributed by atoms with E-state index in [1.54, 1.807) is 54.6 Å². The van der Waals surface area contributed by atoms with E-state index in [9.17, 15) is 13.2 Å². The van der Waals surface area contributed by atoms with Crippen molar-refractivity contribution in [2.24, 2.45) is 0 Å². The van der Waals surface area contributed by atoms with Crippen LogP contribution in [0.15, 0.2) is 108 Å². The molecule has 0 atom stereocenters. The first-order valence-corrected chi connectivity index (χ1v) is 11.8. The van der Waals surface area contributed by atoms with Crippen molar-refractivity contribution >= 4 is 38.9 Å². The largest absolute Gasteiger partial charge is 0.457 e. The van der Waals surface area contributed by atoms with Gasteiger partial charge in [-0.3, -0.25) is 9.52 Å². The van der Waals surface area contributed by atoms with Crippen molar-refractivity contribution in [1.82, 2.24) is 0 Å². The molecule has 166 valence electrons. The fourth-order valence-electron chi connectivity index (χ4n) is 3.00. The van der Waals surface area contributed by atoms with Gasteiger partial charge in [-0.15, -0.1) is 0 Å². The van der Waals surface area contributed by atoms with Gasteiger partial charge in [-0.25, -0.2) is 8.42 Å². The Hall–Kier alpha value is -3.81. The van der Waals surface area contributed by atoms with E-state index in [1.165, 1.54) is 18.2 Å². The first kappa shape index (κ1) is 22.4. The quantitative estimate of drug-likeness (QED) is 0.332. The SMILES string of the molecule is O=C(Nc1ccc(Oc2ccccc2)cc1)c1ccc(Cl)c(S(=O)(=O)Nc2ccccc2)c1. The van der Waals surface area contributed by atoms with Crippen LogP contribution in [0.3, 0.4) is 0 Å². The molecule has 4 aromatic carbocycles. The highest BCUT2D eigenvalue weighted by atomic mass is 35.5. The zero-order valence-corrected chi connectivity index (χ0v) is 18.8. The first-order valence-electron chi connectivity index (χ1n) is 9.92. The number of carbonyl (C=O) groups excluding carboxylic acids is 1. The molecule has 0 aliphatic rings. The van der Waals surface area contributed by atoms with Crippen molar-refractivity contribution in [3.05, 3.63) is 114 Å². The van der Waals surface area contributed by atoms with E-state index in [4.69, 9.17) is 16.3 Å². The van der Waals surface area contributed by atoms with Crippen molar-refractivity contribution in [2.45, 2.75) is 4.90 Å². The summed E-state index contributed by atoms with van der Waals surface area (Å²) in [6.45, 7) is 0. The summed E-state index contributed by atoms with van der Waals surface area (Å²) < 4.78 is 33.8. The predicted molar refractivity (Wildman–Crippen MR) is 130 cm³/mol. The fraction of sp³-hybridized carbons (Fsp3) is 0. The molecule has 33 heavy (non-hydrogen) atoms. The molecule has 4 aromatic rings. The number of rotatable bonds is 7. The second-order valence-electron chi connectivity index (χ2n) is 7.01. The number of benzene rings is 4. The minimum absolute atomic E-state index is 0.0115. The lowest BCUT2D eigenvalue weighted by Crippen LogP contribution is -2.16. The van der Waals surface area contributed by atoms with Gasteiger partial charge in [0.15, 0.2) is 0 Å². The zero-order valence-electron chi connectivity index (χ0n) is 17.2. The Morgan fingerprint density at radius 1 is 0.727 bits per heavy atom. The number of hydrogen-bond donors (Lipinski definition) is 2. The molecule has 0 saturated carbocycles. The maximum absolute atomic E-state index is 12.8. The molecular formula is C25H19ClN2O4S. The van der Waals surface area contributed by atoms with Gasteiger partial charge in [0.2, 0.25) is 0 Å². The van der Waals surface area contributed by atoms with E-state index in [2.05, 4.69) is 10.0 Å². The van der Waals surface area contributed by atoms with Gasteiger partial charge in [-0.05, 0) is 66.7 Å². The van der Waals surface area contributed by atoms with Gasteiger partial charge >= 0.3 is 0 Å². The number of ether oxygens (including phenoxy) is 1. The van der Waals surface area contributed by atoms with Crippen molar-refractivity contribution in [1.29, 1.82) is 0 Å². The van der Waals surface area contributed by atoms with Gasteiger partial charge in [-0.1, -0.05) is 48.0 Å². The molecule has 0 fully saturated rings. The third-order valence-electron chi connectivity index (χ3n) is 4.60. The minimum atomic E-state index is -3.99. The van der Waals surface area contributed by atoms with E-state index in [1.807, 2.05) is 30.3 Å². The van der Waals surface area contributed by atoms with E-state index < -0.39 is 15.9 Å². The summed E-state index contributed by atoms with van der Waals surface area (Å²) in [5.74, 6) is 0.846. The maximum atomic E-state index is 12.8. The Morgan fingerprint density at radius 3 is 2.00 bits per heavy atom. The molecule has 0 radical (unpaired) electrons. The highest BCUT2D eigenvalue weighted by molar-refractivity contribution is 7.92. The van der Waals surface area contributed by atoms with E-state index >= 15 is 0 Å². The molecule has 0 aromatic heterocycles. The summed E-state index contributed by atoms with van der Waals surface area (Å²) in [6, 6.07) is 28.7. The second kappa shape index (κ2) is 9.77. The molecule has 0 aliphatic heterocycles. The molecule has 0 heterocycles. The Bertz CT molecular complexity index is 1360. The third-order valence-corrected chi connectivity index (χ3v) is 6.46. The topological polar surface area (TPSA) is 84.5 Å². The van der Waals surface area contributed by atoms with Crippen LogP contribution >= 0.6 is 11.6 Å². The molecule has 4 rings (SSSR count). The molecule has 6 nitrogen and oxygen atoms in total. The van der Waals surface area contributed by atoms with Crippen LogP contribution in [0.1, 0.15) is 10.4 Å². The van der Waals surface area contributed by atoms with Gasteiger partial charge in [0.05, 0.1) is 5.02 Å². The normalized spacial score (nSPS) is 10.9. The molecule has 2 N–H and O–H groups in total. The molecule has 1 amide bonds. The number of hydrogen-bond acceptors (Lipinski definition) is 4. The molecule has 8 heteroatoms. The smallest absolute Gasteiger partial charge is 0.263 e. The number of nitrogens with one attached hydrogen (secondary N) is 2.